The maximum Gasteiger partial charge on any atom is 0.338 e. The van der Waals surface area contributed by atoms with Gasteiger partial charge >= 0.3 is 5.97 Å². The maximum atomic E-state index is 12.8. The second kappa shape index (κ2) is 7.93. The number of carbonyl (C=O) groups is 2. The van der Waals surface area contributed by atoms with Gasteiger partial charge in [-0.15, -0.1) is 0 Å². The maximum absolute atomic E-state index is 12.8. The molecule has 1 heterocycles. The molecule has 0 aliphatic carbocycles. The van der Waals surface area contributed by atoms with Crippen LogP contribution in [0.3, 0.4) is 0 Å². The van der Waals surface area contributed by atoms with Crippen molar-refractivity contribution in [3.05, 3.63) is 76.7 Å². The number of pyridine rings is 1. The largest absolute Gasteiger partial charge is 0.452 e. The lowest BCUT2D eigenvalue weighted by molar-refractivity contribution is -0.124. The lowest BCUT2D eigenvalue weighted by atomic mass is 10.1. The normalized spacial score (nSPS) is 10.5. The van der Waals surface area contributed by atoms with E-state index in [1.165, 1.54) is 12.1 Å². The van der Waals surface area contributed by atoms with Crippen LogP contribution in [0.25, 0.3) is 10.9 Å². The number of rotatable bonds is 5. The number of hydrogen-bond donors (Lipinski definition) is 1. The zero-order valence-electron chi connectivity index (χ0n) is 13.5. The molecular formula is C19H14ClFN2O3. The molecule has 132 valence electrons. The fraction of sp³-hybridized carbons (Fsp3) is 0.105. The molecule has 1 N–H and O–H groups in total. The van der Waals surface area contributed by atoms with Crippen molar-refractivity contribution in [2.24, 2.45) is 0 Å². The highest BCUT2D eigenvalue weighted by molar-refractivity contribution is 6.29. The number of nitrogens with one attached hydrogen (secondary N) is 1. The molecule has 2 aromatic carbocycles. The van der Waals surface area contributed by atoms with Gasteiger partial charge in [-0.25, -0.2) is 14.2 Å². The molecule has 1 amide bonds. The van der Waals surface area contributed by atoms with E-state index in [-0.39, 0.29) is 12.4 Å². The summed E-state index contributed by atoms with van der Waals surface area (Å²) in [7, 11) is 0. The first-order valence-corrected chi connectivity index (χ1v) is 8.13. The van der Waals surface area contributed by atoms with Crippen LogP contribution in [-0.4, -0.2) is 23.5 Å². The van der Waals surface area contributed by atoms with E-state index < -0.39 is 18.5 Å². The lowest BCUT2D eigenvalue weighted by Gasteiger charge is -2.07. The molecule has 3 aromatic rings. The summed E-state index contributed by atoms with van der Waals surface area (Å²) in [5.74, 6) is -1.41. The Labute approximate surface area is 153 Å². The summed E-state index contributed by atoms with van der Waals surface area (Å²) < 4.78 is 17.8. The van der Waals surface area contributed by atoms with Crippen LogP contribution in [0.4, 0.5) is 4.39 Å². The summed E-state index contributed by atoms with van der Waals surface area (Å²) in [5.41, 5.74) is 1.71. The third-order valence-electron chi connectivity index (χ3n) is 3.63. The Morgan fingerprint density at radius 1 is 1.08 bits per heavy atom. The van der Waals surface area contributed by atoms with Crippen molar-refractivity contribution in [2.75, 3.05) is 6.61 Å². The summed E-state index contributed by atoms with van der Waals surface area (Å²) in [5, 5.41) is 3.70. The first kappa shape index (κ1) is 17.8. The first-order chi connectivity index (χ1) is 12.5. The van der Waals surface area contributed by atoms with Crippen molar-refractivity contribution in [1.29, 1.82) is 0 Å². The molecule has 26 heavy (non-hydrogen) atoms. The Kier molecular flexibility index (Phi) is 5.43. The molecular weight excluding hydrogens is 359 g/mol. The van der Waals surface area contributed by atoms with Crippen molar-refractivity contribution in [3.63, 3.8) is 0 Å². The minimum Gasteiger partial charge on any atom is -0.452 e. The van der Waals surface area contributed by atoms with Gasteiger partial charge in [0.15, 0.2) is 6.61 Å². The number of hydrogen-bond acceptors (Lipinski definition) is 4. The number of benzene rings is 2. The van der Waals surface area contributed by atoms with Crippen LogP contribution in [0.1, 0.15) is 15.9 Å². The van der Waals surface area contributed by atoms with Gasteiger partial charge in [0.25, 0.3) is 5.91 Å². The Hall–Kier alpha value is -2.99. The SMILES string of the molecule is O=C(COC(=O)c1ccc2nc(Cl)ccc2c1)NCc1ccc(F)cc1. The van der Waals surface area contributed by atoms with Gasteiger partial charge in [-0.2, -0.15) is 0 Å². The molecule has 7 heteroatoms. The van der Waals surface area contributed by atoms with Gasteiger partial charge in [0, 0.05) is 11.9 Å². The summed E-state index contributed by atoms with van der Waals surface area (Å²) >= 11 is 5.82. The highest BCUT2D eigenvalue weighted by Crippen LogP contribution is 2.17. The van der Waals surface area contributed by atoms with Crippen LogP contribution >= 0.6 is 11.6 Å². The number of aromatic nitrogens is 1. The molecule has 1 aromatic heterocycles. The zero-order chi connectivity index (χ0) is 18.5. The minimum absolute atomic E-state index is 0.221. The van der Waals surface area contributed by atoms with Crippen LogP contribution in [-0.2, 0) is 16.1 Å². The molecule has 0 radical (unpaired) electrons. The van der Waals surface area contributed by atoms with Crippen LogP contribution in [0, 0.1) is 5.82 Å². The molecule has 5 nitrogen and oxygen atoms in total. The molecule has 0 fully saturated rings. The third kappa shape index (κ3) is 4.55. The van der Waals surface area contributed by atoms with Crippen LogP contribution in [0.5, 0.6) is 0 Å². The Bertz CT molecular complexity index is 961. The van der Waals surface area contributed by atoms with Crippen molar-refractivity contribution in [3.8, 4) is 0 Å². The lowest BCUT2D eigenvalue weighted by Crippen LogP contribution is -2.28. The average molecular weight is 373 g/mol. The van der Waals surface area contributed by atoms with Crippen molar-refractivity contribution in [1.82, 2.24) is 10.3 Å². The van der Waals surface area contributed by atoms with E-state index in [1.54, 1.807) is 42.5 Å². The topological polar surface area (TPSA) is 68.3 Å². The van der Waals surface area contributed by atoms with Gasteiger partial charge in [-0.05, 0) is 48.0 Å². The van der Waals surface area contributed by atoms with Crippen molar-refractivity contribution in [2.45, 2.75) is 6.54 Å². The van der Waals surface area contributed by atoms with Gasteiger partial charge < -0.3 is 10.1 Å². The monoisotopic (exact) mass is 372 g/mol. The van der Waals surface area contributed by atoms with Crippen LogP contribution in [0.2, 0.25) is 5.15 Å². The van der Waals surface area contributed by atoms with Gasteiger partial charge in [0.1, 0.15) is 11.0 Å². The smallest absolute Gasteiger partial charge is 0.338 e. The van der Waals surface area contributed by atoms with E-state index in [0.29, 0.717) is 16.2 Å². The molecule has 0 saturated carbocycles. The predicted molar refractivity (Wildman–Crippen MR) is 95.3 cm³/mol. The Morgan fingerprint density at radius 3 is 2.62 bits per heavy atom. The van der Waals surface area contributed by atoms with Gasteiger partial charge in [0.2, 0.25) is 0 Å². The van der Waals surface area contributed by atoms with E-state index >= 15 is 0 Å². The number of nitrogens with zero attached hydrogens (tertiary/aromatic N) is 1. The zero-order valence-corrected chi connectivity index (χ0v) is 14.3. The molecule has 0 atom stereocenters. The molecule has 0 unspecified atom stereocenters. The molecule has 0 aliphatic rings. The quantitative estimate of drug-likeness (QED) is 0.549. The highest BCUT2D eigenvalue weighted by atomic mass is 35.5. The number of fused-ring (bicyclic) bond motifs is 1. The molecule has 0 spiro atoms. The number of esters is 1. The number of amides is 1. The molecule has 0 aliphatic heterocycles. The van der Waals surface area contributed by atoms with E-state index in [4.69, 9.17) is 16.3 Å². The predicted octanol–water partition coefficient (Wildman–Crippen LogP) is 3.50. The minimum atomic E-state index is -0.612. The second-order valence-electron chi connectivity index (χ2n) is 5.52. The third-order valence-corrected chi connectivity index (χ3v) is 3.84. The fourth-order valence-corrected chi connectivity index (χ4v) is 2.45. The standard InChI is InChI=1S/C19H14ClFN2O3/c20-17-8-4-13-9-14(3-7-16(13)23-17)19(25)26-11-18(24)22-10-12-1-5-15(21)6-2-12/h1-9H,10-11H2,(H,22,24). The number of halogens is 2. The average Bonchev–Trinajstić information content (AvgIpc) is 2.65. The molecule has 0 saturated heterocycles. The van der Waals surface area contributed by atoms with E-state index in [0.717, 1.165) is 10.9 Å². The summed E-state index contributed by atoms with van der Waals surface area (Å²) in [6.07, 6.45) is 0. The summed E-state index contributed by atoms with van der Waals surface area (Å²) in [4.78, 5) is 28.0. The number of ether oxygens (including phenoxy) is 1. The van der Waals surface area contributed by atoms with Gasteiger partial charge in [0.05, 0.1) is 11.1 Å². The number of carbonyl (C=O) groups excluding carboxylic acids is 2. The second-order valence-corrected chi connectivity index (χ2v) is 5.91. The van der Waals surface area contributed by atoms with Crippen molar-refractivity contribution >= 4 is 34.4 Å². The first-order valence-electron chi connectivity index (χ1n) is 7.76. The highest BCUT2D eigenvalue weighted by Gasteiger charge is 2.11. The van der Waals surface area contributed by atoms with Gasteiger partial charge in [-0.1, -0.05) is 23.7 Å². The van der Waals surface area contributed by atoms with E-state index in [2.05, 4.69) is 10.3 Å². The fourth-order valence-electron chi connectivity index (χ4n) is 2.30. The van der Waals surface area contributed by atoms with E-state index in [9.17, 15) is 14.0 Å². The van der Waals surface area contributed by atoms with Crippen molar-refractivity contribution < 1.29 is 18.7 Å². The Balaban J connectivity index is 1.53. The van der Waals surface area contributed by atoms with Crippen LogP contribution in [0.15, 0.2) is 54.6 Å². The van der Waals surface area contributed by atoms with Gasteiger partial charge in [-0.3, -0.25) is 4.79 Å². The van der Waals surface area contributed by atoms with E-state index in [1.807, 2.05) is 0 Å². The summed E-state index contributed by atoms with van der Waals surface area (Å²) in [6, 6.07) is 14.0. The molecule has 0 bridgehead atoms. The summed E-state index contributed by atoms with van der Waals surface area (Å²) in [6.45, 7) is -0.185. The Morgan fingerprint density at radius 2 is 1.85 bits per heavy atom. The van der Waals surface area contributed by atoms with Crippen LogP contribution < -0.4 is 5.32 Å². The molecule has 3 rings (SSSR count).